The second-order valence-electron chi connectivity index (χ2n) is 5.02. The zero-order chi connectivity index (χ0) is 14.5. The quantitative estimate of drug-likeness (QED) is 0.757. The maximum atomic E-state index is 6.12. The normalized spacial score (nSPS) is 16.6. The minimum Gasteiger partial charge on any atom is -0.308 e. The lowest BCUT2D eigenvalue weighted by Gasteiger charge is -2.45. The van der Waals surface area contributed by atoms with Crippen molar-refractivity contribution in [3.63, 3.8) is 0 Å². The van der Waals surface area contributed by atoms with Crippen LogP contribution < -0.4 is 5.32 Å². The second-order valence-corrected chi connectivity index (χ2v) is 6.76. The Bertz CT molecular complexity index is 376. The van der Waals surface area contributed by atoms with Crippen molar-refractivity contribution in [1.29, 1.82) is 0 Å². The summed E-state index contributed by atoms with van der Waals surface area (Å²) in [6, 6.07) is 4.50. The first kappa shape index (κ1) is 17.0. The van der Waals surface area contributed by atoms with Gasteiger partial charge in [-0.1, -0.05) is 39.3 Å². The van der Waals surface area contributed by atoms with Crippen LogP contribution in [0.15, 0.2) is 12.1 Å². The molecule has 0 aliphatic carbocycles. The van der Waals surface area contributed by atoms with Crippen molar-refractivity contribution in [2.75, 3.05) is 19.6 Å². The van der Waals surface area contributed by atoms with Gasteiger partial charge in [0.05, 0.1) is 10.4 Å². The number of rotatable bonds is 8. The van der Waals surface area contributed by atoms with Gasteiger partial charge < -0.3 is 5.32 Å². The Morgan fingerprint density at radius 3 is 2.26 bits per heavy atom. The minimum atomic E-state index is 0.119. The van der Waals surface area contributed by atoms with Gasteiger partial charge in [-0.05, 0) is 45.1 Å². The summed E-state index contributed by atoms with van der Waals surface area (Å²) in [4.78, 5) is 3.89. The van der Waals surface area contributed by atoms with Crippen LogP contribution in [0.25, 0.3) is 0 Å². The molecule has 1 aromatic rings. The predicted octanol–water partition coefficient (Wildman–Crippen LogP) is 4.56. The zero-order valence-electron chi connectivity index (χ0n) is 12.8. The summed E-state index contributed by atoms with van der Waals surface area (Å²) in [6.07, 6.45) is 1.11. The van der Waals surface area contributed by atoms with Crippen LogP contribution in [0.5, 0.6) is 0 Å². The summed E-state index contributed by atoms with van der Waals surface area (Å²) in [7, 11) is 0. The van der Waals surface area contributed by atoms with E-state index in [1.807, 2.05) is 6.07 Å². The number of nitrogens with one attached hydrogen (secondary N) is 1. The Morgan fingerprint density at radius 2 is 1.89 bits per heavy atom. The molecule has 0 bridgehead atoms. The van der Waals surface area contributed by atoms with Gasteiger partial charge in [-0.25, -0.2) is 0 Å². The van der Waals surface area contributed by atoms with Crippen molar-refractivity contribution in [3.05, 3.63) is 21.3 Å². The van der Waals surface area contributed by atoms with Gasteiger partial charge in [0.25, 0.3) is 0 Å². The van der Waals surface area contributed by atoms with Crippen LogP contribution in [0.4, 0.5) is 0 Å². The molecule has 2 atom stereocenters. The first-order chi connectivity index (χ1) is 9.03. The molecule has 1 N–H and O–H groups in total. The average Bonchev–Trinajstić information content (AvgIpc) is 2.83. The van der Waals surface area contributed by atoms with Crippen LogP contribution in [-0.4, -0.2) is 30.1 Å². The van der Waals surface area contributed by atoms with Crippen LogP contribution in [-0.2, 0) is 0 Å². The second kappa shape index (κ2) is 7.63. The minimum absolute atomic E-state index is 0.119. The van der Waals surface area contributed by atoms with E-state index in [4.69, 9.17) is 11.6 Å². The SMILES string of the molecule is CCNC(c1ccc(Cl)s1)C(C)(CC)N(CC)CC. The van der Waals surface area contributed by atoms with Crippen molar-refractivity contribution >= 4 is 22.9 Å². The highest BCUT2D eigenvalue weighted by Gasteiger charge is 2.38. The third kappa shape index (κ3) is 3.72. The Balaban J connectivity index is 3.13. The van der Waals surface area contributed by atoms with Crippen molar-refractivity contribution < 1.29 is 0 Å². The number of nitrogens with zero attached hydrogens (tertiary/aromatic N) is 1. The van der Waals surface area contributed by atoms with Gasteiger partial charge in [-0.3, -0.25) is 4.90 Å². The van der Waals surface area contributed by atoms with Crippen molar-refractivity contribution in [2.45, 2.75) is 52.6 Å². The van der Waals surface area contributed by atoms with Gasteiger partial charge in [0.2, 0.25) is 0 Å². The molecule has 4 heteroatoms. The van der Waals surface area contributed by atoms with Gasteiger partial charge in [0.1, 0.15) is 0 Å². The maximum Gasteiger partial charge on any atom is 0.0931 e. The summed E-state index contributed by atoms with van der Waals surface area (Å²) >= 11 is 7.82. The molecule has 0 fully saturated rings. The Kier molecular flexibility index (Phi) is 6.81. The number of hydrogen-bond acceptors (Lipinski definition) is 3. The molecular weight excluding hydrogens is 276 g/mol. The van der Waals surface area contributed by atoms with Crippen LogP contribution in [0, 0.1) is 0 Å². The molecule has 0 saturated heterocycles. The lowest BCUT2D eigenvalue weighted by atomic mass is 9.86. The third-order valence-electron chi connectivity index (χ3n) is 4.11. The number of thiophene rings is 1. The summed E-state index contributed by atoms with van der Waals surface area (Å²) < 4.78 is 0.871. The average molecular weight is 303 g/mol. The van der Waals surface area contributed by atoms with E-state index in [0.29, 0.717) is 6.04 Å². The summed E-state index contributed by atoms with van der Waals surface area (Å²) in [5.74, 6) is 0. The molecule has 0 aliphatic heterocycles. The lowest BCUT2D eigenvalue weighted by Crippen LogP contribution is -2.54. The van der Waals surface area contributed by atoms with Crippen LogP contribution in [0.3, 0.4) is 0 Å². The van der Waals surface area contributed by atoms with Gasteiger partial charge in [0, 0.05) is 10.4 Å². The Labute approximate surface area is 127 Å². The zero-order valence-corrected chi connectivity index (χ0v) is 14.4. The molecule has 110 valence electrons. The number of hydrogen-bond donors (Lipinski definition) is 1. The van der Waals surface area contributed by atoms with Gasteiger partial charge in [0.15, 0.2) is 0 Å². The van der Waals surface area contributed by atoms with Gasteiger partial charge in [-0.2, -0.15) is 0 Å². The molecule has 1 heterocycles. The highest BCUT2D eigenvalue weighted by molar-refractivity contribution is 7.16. The van der Waals surface area contributed by atoms with E-state index in [1.165, 1.54) is 4.88 Å². The molecule has 2 unspecified atom stereocenters. The van der Waals surface area contributed by atoms with E-state index < -0.39 is 0 Å². The molecule has 0 aliphatic rings. The number of halogens is 1. The molecule has 0 amide bonds. The largest absolute Gasteiger partial charge is 0.308 e. The Hall–Kier alpha value is -0.0900. The van der Waals surface area contributed by atoms with Gasteiger partial charge >= 0.3 is 0 Å². The summed E-state index contributed by atoms with van der Waals surface area (Å²) in [6.45, 7) is 14.4. The molecule has 0 saturated carbocycles. The highest BCUT2D eigenvalue weighted by atomic mass is 35.5. The third-order valence-corrected chi connectivity index (χ3v) is 5.41. The van der Waals surface area contributed by atoms with E-state index in [1.54, 1.807) is 11.3 Å². The summed E-state index contributed by atoms with van der Waals surface area (Å²) in [5, 5.41) is 3.66. The van der Waals surface area contributed by atoms with Crippen LogP contribution >= 0.6 is 22.9 Å². The van der Waals surface area contributed by atoms with Crippen LogP contribution in [0.1, 0.15) is 52.0 Å². The van der Waals surface area contributed by atoms with Crippen LogP contribution in [0.2, 0.25) is 4.34 Å². The highest BCUT2D eigenvalue weighted by Crippen LogP contribution is 2.38. The topological polar surface area (TPSA) is 15.3 Å². The smallest absolute Gasteiger partial charge is 0.0931 e. The molecular formula is C15H27ClN2S. The maximum absolute atomic E-state index is 6.12. The van der Waals surface area contributed by atoms with E-state index in [-0.39, 0.29) is 5.54 Å². The molecule has 0 aromatic carbocycles. The fourth-order valence-electron chi connectivity index (χ4n) is 2.87. The Morgan fingerprint density at radius 1 is 1.26 bits per heavy atom. The standard InChI is InChI=1S/C15H27ClN2S/c1-6-15(5,18(8-3)9-4)14(17-7-2)12-10-11-13(16)19-12/h10-11,14,17H,6-9H2,1-5H3. The van der Waals surface area contributed by atoms with Crippen molar-refractivity contribution in [1.82, 2.24) is 10.2 Å². The molecule has 2 nitrogen and oxygen atoms in total. The number of likely N-dealkylation sites (N-methyl/N-ethyl adjacent to an activating group) is 2. The first-order valence-electron chi connectivity index (χ1n) is 7.27. The fourth-order valence-corrected chi connectivity index (χ4v) is 4.15. The van der Waals surface area contributed by atoms with E-state index in [2.05, 4.69) is 50.9 Å². The molecule has 19 heavy (non-hydrogen) atoms. The first-order valence-corrected chi connectivity index (χ1v) is 8.46. The predicted molar refractivity (Wildman–Crippen MR) is 87.4 cm³/mol. The van der Waals surface area contributed by atoms with Crippen molar-refractivity contribution in [2.24, 2.45) is 0 Å². The van der Waals surface area contributed by atoms with Gasteiger partial charge in [-0.15, -0.1) is 11.3 Å². The van der Waals surface area contributed by atoms with E-state index in [0.717, 1.165) is 30.4 Å². The molecule has 1 aromatic heterocycles. The van der Waals surface area contributed by atoms with E-state index in [9.17, 15) is 0 Å². The molecule has 0 spiro atoms. The fraction of sp³-hybridized carbons (Fsp3) is 0.733. The monoisotopic (exact) mass is 302 g/mol. The molecule has 0 radical (unpaired) electrons. The van der Waals surface area contributed by atoms with E-state index >= 15 is 0 Å². The molecule has 1 rings (SSSR count). The summed E-state index contributed by atoms with van der Waals surface area (Å²) in [5.41, 5.74) is 0.119. The lowest BCUT2D eigenvalue weighted by molar-refractivity contribution is 0.0717. The van der Waals surface area contributed by atoms with Crippen molar-refractivity contribution in [3.8, 4) is 0 Å².